The normalized spacial score (nSPS) is 18.4. The van der Waals surface area contributed by atoms with Crippen LogP contribution >= 0.6 is 0 Å². The summed E-state index contributed by atoms with van der Waals surface area (Å²) in [5.41, 5.74) is 2.05. The molecule has 0 saturated heterocycles. The van der Waals surface area contributed by atoms with Gasteiger partial charge in [0.2, 0.25) is 0 Å². The van der Waals surface area contributed by atoms with Crippen LogP contribution < -0.4 is 9.47 Å². The first-order valence-corrected chi connectivity index (χ1v) is 8.63. The van der Waals surface area contributed by atoms with Gasteiger partial charge in [0.25, 0.3) is 0 Å². The summed E-state index contributed by atoms with van der Waals surface area (Å²) in [7, 11) is 0. The lowest BCUT2D eigenvalue weighted by atomic mass is 9.92. The van der Waals surface area contributed by atoms with Gasteiger partial charge in [-0.2, -0.15) is 0 Å². The minimum Gasteiger partial charge on any atom is -0.483 e. The summed E-state index contributed by atoms with van der Waals surface area (Å²) in [6, 6.07) is 9.74. The summed E-state index contributed by atoms with van der Waals surface area (Å²) in [4.78, 5) is 11.2. The third-order valence-electron chi connectivity index (χ3n) is 4.40. The number of ether oxygens (including phenoxy) is 2. The molecule has 0 spiro atoms. The van der Waals surface area contributed by atoms with Crippen molar-refractivity contribution in [3.05, 3.63) is 53.6 Å². The van der Waals surface area contributed by atoms with Crippen LogP contribution in [0.1, 0.15) is 46.1 Å². The molecular weight excluding hydrogens is 312 g/mol. The number of benzene rings is 2. The number of carbonyl (C=O) groups excluding carboxylic acids is 1. The monoisotopic (exact) mass is 336 g/mol. The fraction of sp³-hybridized carbons (Fsp3) is 0.318. The number of allylic oxidation sites excluding steroid dienone is 2. The second-order valence-corrected chi connectivity index (χ2v) is 7.02. The molecule has 25 heavy (non-hydrogen) atoms. The maximum atomic E-state index is 11.2. The molecule has 2 aromatic rings. The van der Waals surface area contributed by atoms with Crippen LogP contribution in [-0.2, 0) is 4.79 Å². The highest BCUT2D eigenvalue weighted by molar-refractivity contribution is 5.95. The van der Waals surface area contributed by atoms with Gasteiger partial charge in [-0.15, -0.1) is 0 Å². The highest BCUT2D eigenvalue weighted by atomic mass is 16.5. The van der Waals surface area contributed by atoms with E-state index >= 15 is 0 Å². The summed E-state index contributed by atoms with van der Waals surface area (Å²) >= 11 is 0. The van der Waals surface area contributed by atoms with Crippen molar-refractivity contribution >= 4 is 22.8 Å². The van der Waals surface area contributed by atoms with Crippen molar-refractivity contribution in [2.75, 3.05) is 0 Å². The molecule has 0 aromatic heterocycles. The summed E-state index contributed by atoms with van der Waals surface area (Å²) in [5, 5.41) is 2.12. The van der Waals surface area contributed by atoms with Crippen molar-refractivity contribution < 1.29 is 14.3 Å². The van der Waals surface area contributed by atoms with Gasteiger partial charge in [0, 0.05) is 12.5 Å². The highest BCUT2D eigenvalue weighted by Crippen LogP contribution is 2.38. The highest BCUT2D eigenvalue weighted by Gasteiger charge is 2.27. The van der Waals surface area contributed by atoms with E-state index < -0.39 is 0 Å². The Morgan fingerprint density at radius 3 is 2.68 bits per heavy atom. The minimum absolute atomic E-state index is 0.305. The molecule has 1 aliphatic rings. The fourth-order valence-corrected chi connectivity index (χ4v) is 3.12. The zero-order chi connectivity index (χ0) is 18.0. The molecule has 3 rings (SSSR count). The number of esters is 1. The third kappa shape index (κ3) is 3.93. The molecule has 0 aliphatic carbocycles. The number of hydrogen-bond donors (Lipinski definition) is 0. The van der Waals surface area contributed by atoms with E-state index in [1.54, 1.807) is 0 Å². The zero-order valence-electron chi connectivity index (χ0n) is 15.3. The number of carbonyl (C=O) groups is 1. The van der Waals surface area contributed by atoms with Crippen LogP contribution in [0.15, 0.2) is 48.1 Å². The standard InChI is InChI=1S/C22H24O3/c1-15(2)6-5-12-22(4)13-11-19-20-14-18(24-16(3)23)9-7-17(20)8-10-21(19)25-22/h6-11,13-14H,5,12H2,1-4H3/t22-/m1/s1. The summed E-state index contributed by atoms with van der Waals surface area (Å²) in [6.45, 7) is 7.75. The van der Waals surface area contributed by atoms with Crippen molar-refractivity contribution in [1.29, 1.82) is 0 Å². The van der Waals surface area contributed by atoms with E-state index in [-0.39, 0.29) is 11.6 Å². The summed E-state index contributed by atoms with van der Waals surface area (Å²) < 4.78 is 11.5. The van der Waals surface area contributed by atoms with E-state index in [1.807, 2.05) is 30.3 Å². The minimum atomic E-state index is -0.317. The Labute approximate surface area is 148 Å². The van der Waals surface area contributed by atoms with E-state index in [0.717, 1.165) is 34.9 Å². The summed E-state index contributed by atoms with van der Waals surface area (Å²) in [6.07, 6.45) is 8.42. The molecule has 0 amide bonds. The van der Waals surface area contributed by atoms with E-state index in [9.17, 15) is 4.79 Å². The molecule has 3 nitrogen and oxygen atoms in total. The first-order chi connectivity index (χ1) is 11.9. The molecule has 0 radical (unpaired) electrons. The van der Waals surface area contributed by atoms with Crippen molar-refractivity contribution in [3.63, 3.8) is 0 Å². The average molecular weight is 336 g/mol. The van der Waals surface area contributed by atoms with Crippen molar-refractivity contribution in [2.24, 2.45) is 0 Å². The third-order valence-corrected chi connectivity index (χ3v) is 4.40. The molecule has 0 N–H and O–H groups in total. The molecule has 0 fully saturated rings. The number of hydrogen-bond acceptors (Lipinski definition) is 3. The van der Waals surface area contributed by atoms with Gasteiger partial charge in [-0.1, -0.05) is 29.9 Å². The largest absolute Gasteiger partial charge is 0.483 e. The molecule has 1 heterocycles. The number of rotatable bonds is 4. The Morgan fingerprint density at radius 1 is 1.20 bits per heavy atom. The Hall–Kier alpha value is -2.55. The lowest BCUT2D eigenvalue weighted by Gasteiger charge is -2.32. The Bertz CT molecular complexity index is 872. The first kappa shape index (κ1) is 17.3. The maximum Gasteiger partial charge on any atom is 0.308 e. The van der Waals surface area contributed by atoms with Gasteiger partial charge in [0.05, 0.1) is 0 Å². The number of fused-ring (bicyclic) bond motifs is 3. The van der Waals surface area contributed by atoms with Crippen LogP contribution in [0, 0.1) is 0 Å². The van der Waals surface area contributed by atoms with Gasteiger partial charge in [-0.05, 0) is 68.7 Å². The first-order valence-electron chi connectivity index (χ1n) is 8.63. The topological polar surface area (TPSA) is 35.5 Å². The van der Waals surface area contributed by atoms with E-state index in [2.05, 4.69) is 39.0 Å². The molecule has 0 bridgehead atoms. The van der Waals surface area contributed by atoms with Gasteiger partial charge < -0.3 is 9.47 Å². The predicted molar refractivity (Wildman–Crippen MR) is 102 cm³/mol. The van der Waals surface area contributed by atoms with Gasteiger partial charge in [0.1, 0.15) is 17.1 Å². The van der Waals surface area contributed by atoms with E-state index in [0.29, 0.717) is 5.75 Å². The quantitative estimate of drug-likeness (QED) is 0.409. The average Bonchev–Trinajstić information content (AvgIpc) is 2.53. The van der Waals surface area contributed by atoms with Gasteiger partial charge >= 0.3 is 5.97 Å². The smallest absolute Gasteiger partial charge is 0.308 e. The van der Waals surface area contributed by atoms with Crippen molar-refractivity contribution in [2.45, 2.75) is 46.1 Å². The van der Waals surface area contributed by atoms with Crippen LogP contribution in [0.3, 0.4) is 0 Å². The Morgan fingerprint density at radius 2 is 1.96 bits per heavy atom. The van der Waals surface area contributed by atoms with Gasteiger partial charge in [-0.3, -0.25) is 4.79 Å². The molecule has 3 heteroatoms. The van der Waals surface area contributed by atoms with Crippen LogP contribution in [0.4, 0.5) is 0 Å². The maximum absolute atomic E-state index is 11.2. The molecular formula is C22H24O3. The lowest BCUT2D eigenvalue weighted by Crippen LogP contribution is -2.31. The molecule has 1 atom stereocenters. The molecule has 2 aromatic carbocycles. The molecule has 130 valence electrons. The Balaban J connectivity index is 1.93. The van der Waals surface area contributed by atoms with Crippen molar-refractivity contribution in [3.8, 4) is 11.5 Å². The molecule has 0 unspecified atom stereocenters. The second kappa shape index (κ2) is 6.75. The van der Waals surface area contributed by atoms with Gasteiger partial charge in [-0.25, -0.2) is 0 Å². The van der Waals surface area contributed by atoms with Crippen molar-refractivity contribution in [1.82, 2.24) is 0 Å². The fourth-order valence-electron chi connectivity index (χ4n) is 3.12. The summed E-state index contributed by atoms with van der Waals surface area (Å²) in [5.74, 6) is 1.11. The van der Waals surface area contributed by atoms with Crippen LogP contribution in [-0.4, -0.2) is 11.6 Å². The van der Waals surface area contributed by atoms with Crippen LogP contribution in [0.25, 0.3) is 16.8 Å². The van der Waals surface area contributed by atoms with Crippen LogP contribution in [0.2, 0.25) is 0 Å². The SMILES string of the molecule is CC(=O)Oc1ccc2ccc3c(c2c1)C=C[C@@](C)(CCC=C(C)C)O3. The van der Waals surface area contributed by atoms with Crippen LogP contribution in [0.5, 0.6) is 11.5 Å². The second-order valence-electron chi connectivity index (χ2n) is 7.02. The molecule has 0 saturated carbocycles. The van der Waals surface area contributed by atoms with E-state index in [1.165, 1.54) is 12.5 Å². The molecule has 1 aliphatic heterocycles. The van der Waals surface area contributed by atoms with Gasteiger partial charge in [0.15, 0.2) is 0 Å². The predicted octanol–water partition coefficient (Wildman–Crippen LogP) is 5.68. The van der Waals surface area contributed by atoms with E-state index in [4.69, 9.17) is 9.47 Å². The zero-order valence-corrected chi connectivity index (χ0v) is 15.3. The lowest BCUT2D eigenvalue weighted by molar-refractivity contribution is -0.131. The Kier molecular flexibility index (Phi) is 4.67.